The average Bonchev–Trinajstić information content (AvgIpc) is 2.52. The molecule has 0 N–H and O–H groups in total. The molecule has 0 aromatic heterocycles. The van der Waals surface area contributed by atoms with Crippen molar-refractivity contribution in [2.45, 2.75) is 9.79 Å². The van der Waals surface area contributed by atoms with Crippen LogP contribution in [0.3, 0.4) is 0 Å². The molecule has 0 aliphatic carbocycles. The van der Waals surface area contributed by atoms with E-state index in [2.05, 4.69) is 43.0 Å². The van der Waals surface area contributed by atoms with E-state index in [1.54, 1.807) is 31.7 Å². The van der Waals surface area contributed by atoms with Gasteiger partial charge in [0, 0.05) is 24.0 Å². The minimum atomic E-state index is -2.45. The first-order chi connectivity index (χ1) is 9.74. The zero-order valence-corrected chi connectivity index (χ0v) is 13.5. The van der Waals surface area contributed by atoms with Gasteiger partial charge in [-0.05, 0) is 35.2 Å². The van der Waals surface area contributed by atoms with E-state index >= 15 is 0 Å². The highest BCUT2D eigenvalue weighted by Crippen LogP contribution is 2.26. The lowest BCUT2D eigenvalue weighted by molar-refractivity contribution is 0.271. The molecule has 0 spiro atoms. The molecular formula is C16H18O2SSi. The molecule has 0 unspecified atom stereocenters. The van der Waals surface area contributed by atoms with Gasteiger partial charge in [0.05, 0.1) is 0 Å². The highest BCUT2D eigenvalue weighted by molar-refractivity contribution is 7.99. The van der Waals surface area contributed by atoms with Gasteiger partial charge in [-0.3, -0.25) is 0 Å². The van der Waals surface area contributed by atoms with Crippen molar-refractivity contribution in [3.63, 3.8) is 0 Å². The normalized spacial score (nSPS) is 11.3. The lowest BCUT2D eigenvalue weighted by atomic mass is 10.4. The molecule has 0 aliphatic heterocycles. The Morgan fingerprint density at radius 2 is 1.45 bits per heavy atom. The van der Waals surface area contributed by atoms with E-state index < -0.39 is 8.56 Å². The molecule has 2 aromatic carbocycles. The fraction of sp³-hybridized carbons (Fsp3) is 0.125. The average molecular weight is 302 g/mol. The van der Waals surface area contributed by atoms with Gasteiger partial charge in [0.1, 0.15) is 0 Å². The largest absolute Gasteiger partial charge is 0.398 e. The topological polar surface area (TPSA) is 18.5 Å². The molecule has 0 amide bonds. The van der Waals surface area contributed by atoms with Crippen LogP contribution in [0.2, 0.25) is 0 Å². The minimum absolute atomic E-state index is 1.06. The standard InChI is InChI=1S/C16H18O2SSi/c1-4-20(17-2,18-3)16-12-10-15(11-13-16)19-14-8-6-5-7-9-14/h4-13H,1H2,2-3H3. The first-order valence-corrected chi connectivity index (χ1v) is 9.02. The maximum atomic E-state index is 5.57. The smallest absolute Gasteiger partial charge is 0.391 e. The van der Waals surface area contributed by atoms with Crippen LogP contribution in [0.5, 0.6) is 0 Å². The third kappa shape index (κ3) is 3.22. The molecule has 0 saturated heterocycles. The quantitative estimate of drug-likeness (QED) is 0.761. The third-order valence-corrected chi connectivity index (χ3v) is 7.02. The van der Waals surface area contributed by atoms with Crippen LogP contribution in [0.25, 0.3) is 0 Å². The van der Waals surface area contributed by atoms with Crippen molar-refractivity contribution in [3.8, 4) is 0 Å². The highest BCUT2D eigenvalue weighted by atomic mass is 32.2. The van der Waals surface area contributed by atoms with Gasteiger partial charge in [-0.25, -0.2) is 0 Å². The van der Waals surface area contributed by atoms with Crippen molar-refractivity contribution >= 4 is 25.5 Å². The molecular weight excluding hydrogens is 284 g/mol. The van der Waals surface area contributed by atoms with Crippen molar-refractivity contribution in [2.24, 2.45) is 0 Å². The number of benzene rings is 2. The number of hydrogen-bond acceptors (Lipinski definition) is 3. The van der Waals surface area contributed by atoms with E-state index in [1.807, 2.05) is 18.2 Å². The summed E-state index contributed by atoms with van der Waals surface area (Å²) in [6.45, 7) is 3.85. The number of hydrogen-bond donors (Lipinski definition) is 0. The molecule has 0 heterocycles. The lowest BCUT2D eigenvalue weighted by Gasteiger charge is -2.23. The molecule has 0 atom stereocenters. The van der Waals surface area contributed by atoms with Crippen LogP contribution in [0, 0.1) is 0 Å². The SMILES string of the molecule is C=C[Si](OC)(OC)c1ccc(Sc2ccccc2)cc1. The van der Waals surface area contributed by atoms with E-state index in [4.69, 9.17) is 8.85 Å². The van der Waals surface area contributed by atoms with E-state index in [0.29, 0.717) is 0 Å². The molecule has 4 heteroatoms. The van der Waals surface area contributed by atoms with E-state index in [0.717, 1.165) is 5.19 Å². The van der Waals surface area contributed by atoms with E-state index in [9.17, 15) is 0 Å². The summed E-state index contributed by atoms with van der Waals surface area (Å²) in [6, 6.07) is 18.6. The van der Waals surface area contributed by atoms with Crippen LogP contribution in [0.1, 0.15) is 0 Å². The van der Waals surface area contributed by atoms with Gasteiger partial charge in [0.15, 0.2) is 0 Å². The molecule has 0 fully saturated rings. The Labute approximate surface area is 125 Å². The van der Waals surface area contributed by atoms with Gasteiger partial charge >= 0.3 is 8.56 Å². The van der Waals surface area contributed by atoms with Crippen LogP contribution in [-0.2, 0) is 8.85 Å². The second-order valence-corrected chi connectivity index (χ2v) is 8.50. The Hall–Kier alpha value is -1.33. The second-order valence-electron chi connectivity index (χ2n) is 4.22. The molecule has 0 bridgehead atoms. The molecule has 2 aromatic rings. The van der Waals surface area contributed by atoms with Crippen LogP contribution >= 0.6 is 11.8 Å². The summed E-state index contributed by atoms with van der Waals surface area (Å²) in [6.07, 6.45) is 0. The van der Waals surface area contributed by atoms with Crippen molar-refractivity contribution < 1.29 is 8.85 Å². The van der Waals surface area contributed by atoms with Crippen LogP contribution in [0.15, 0.2) is 76.7 Å². The fourth-order valence-corrected chi connectivity index (χ4v) is 4.66. The minimum Gasteiger partial charge on any atom is -0.391 e. The zero-order valence-electron chi connectivity index (χ0n) is 11.7. The molecule has 104 valence electrons. The molecule has 2 rings (SSSR count). The Morgan fingerprint density at radius 3 is 1.95 bits per heavy atom. The maximum absolute atomic E-state index is 5.57. The van der Waals surface area contributed by atoms with Crippen LogP contribution in [0.4, 0.5) is 0 Å². The Morgan fingerprint density at radius 1 is 0.900 bits per heavy atom. The third-order valence-electron chi connectivity index (χ3n) is 3.11. The highest BCUT2D eigenvalue weighted by Gasteiger charge is 2.34. The van der Waals surface area contributed by atoms with Crippen molar-refractivity contribution in [3.05, 3.63) is 66.9 Å². The molecule has 0 radical (unpaired) electrons. The van der Waals surface area contributed by atoms with Gasteiger partial charge in [-0.1, -0.05) is 42.1 Å². The summed E-state index contributed by atoms with van der Waals surface area (Å²) in [5.41, 5.74) is 1.80. The zero-order chi connectivity index (χ0) is 14.4. The summed E-state index contributed by atoms with van der Waals surface area (Å²) >= 11 is 1.74. The maximum Gasteiger partial charge on any atom is 0.398 e. The summed E-state index contributed by atoms with van der Waals surface area (Å²) < 4.78 is 11.1. The monoisotopic (exact) mass is 302 g/mol. The van der Waals surface area contributed by atoms with Gasteiger partial charge in [-0.2, -0.15) is 0 Å². The van der Waals surface area contributed by atoms with Gasteiger partial charge in [-0.15, -0.1) is 6.58 Å². The lowest BCUT2D eigenvalue weighted by Crippen LogP contribution is -2.50. The van der Waals surface area contributed by atoms with Crippen LogP contribution in [-0.4, -0.2) is 22.8 Å². The van der Waals surface area contributed by atoms with Gasteiger partial charge in [0.25, 0.3) is 0 Å². The molecule has 0 aliphatic rings. The molecule has 2 nitrogen and oxygen atoms in total. The predicted octanol–water partition coefficient (Wildman–Crippen LogP) is 3.51. The fourth-order valence-electron chi connectivity index (χ4n) is 1.98. The first-order valence-electron chi connectivity index (χ1n) is 6.31. The molecule has 0 saturated carbocycles. The summed E-state index contributed by atoms with van der Waals surface area (Å²) in [4.78, 5) is 2.42. The van der Waals surface area contributed by atoms with Gasteiger partial charge in [0.2, 0.25) is 0 Å². The predicted molar refractivity (Wildman–Crippen MR) is 86.6 cm³/mol. The summed E-state index contributed by atoms with van der Waals surface area (Å²) in [5.74, 6) is 0. The molecule has 20 heavy (non-hydrogen) atoms. The number of rotatable bonds is 6. The van der Waals surface area contributed by atoms with E-state index in [1.165, 1.54) is 9.79 Å². The van der Waals surface area contributed by atoms with E-state index in [-0.39, 0.29) is 0 Å². The first kappa shape index (κ1) is 15.1. The summed E-state index contributed by atoms with van der Waals surface area (Å²) in [7, 11) is 0.887. The van der Waals surface area contributed by atoms with Crippen molar-refractivity contribution in [2.75, 3.05) is 14.2 Å². The van der Waals surface area contributed by atoms with Crippen LogP contribution < -0.4 is 5.19 Å². The summed E-state index contributed by atoms with van der Waals surface area (Å²) in [5, 5.41) is 1.06. The van der Waals surface area contributed by atoms with Crippen molar-refractivity contribution in [1.82, 2.24) is 0 Å². The Kier molecular flexibility index (Phi) is 5.20. The van der Waals surface area contributed by atoms with Crippen molar-refractivity contribution in [1.29, 1.82) is 0 Å². The second kappa shape index (κ2) is 6.90. The Bertz CT molecular complexity index is 550. The Balaban J connectivity index is 2.20. The van der Waals surface area contributed by atoms with Gasteiger partial charge < -0.3 is 8.85 Å².